The molecule has 3 rings (SSSR count). The lowest BCUT2D eigenvalue weighted by atomic mass is 10.1. The van der Waals surface area contributed by atoms with Crippen LogP contribution in [0.5, 0.6) is 5.75 Å². The molecule has 0 radical (unpaired) electrons. The van der Waals surface area contributed by atoms with Crippen LogP contribution in [-0.4, -0.2) is 47.1 Å². The van der Waals surface area contributed by atoms with E-state index in [4.69, 9.17) is 4.74 Å². The van der Waals surface area contributed by atoms with Gasteiger partial charge in [-0.15, -0.1) is 5.10 Å². The summed E-state index contributed by atoms with van der Waals surface area (Å²) >= 11 is 1.18. The van der Waals surface area contributed by atoms with Crippen LogP contribution in [0.2, 0.25) is 0 Å². The fourth-order valence-corrected chi connectivity index (χ4v) is 3.23. The van der Waals surface area contributed by atoms with E-state index in [-0.39, 0.29) is 11.9 Å². The van der Waals surface area contributed by atoms with E-state index in [9.17, 15) is 4.79 Å². The molecule has 1 aliphatic rings. The van der Waals surface area contributed by atoms with E-state index in [1.54, 1.807) is 12.5 Å². The van der Waals surface area contributed by atoms with Gasteiger partial charge < -0.3 is 15.0 Å². The Hall–Kier alpha value is -1.99. The molecule has 0 unspecified atom stereocenters. The lowest BCUT2D eigenvalue weighted by molar-refractivity contribution is 0.0922. The maximum absolute atomic E-state index is 12.3. The Morgan fingerprint density at radius 1 is 1.35 bits per heavy atom. The third-order valence-corrected chi connectivity index (χ3v) is 4.56. The highest BCUT2D eigenvalue weighted by Gasteiger charge is 2.22. The Bertz CT molecular complexity index is 624. The molecule has 7 heteroatoms. The maximum atomic E-state index is 12.3. The standard InChI is InChI=1S/C16H20N4O2S/c1-22-13-6-4-12(5-7-13)14(10-20-8-2-3-9-20)17-16(21)15-11-23-19-18-15/h4-7,11,14H,2-3,8-10H2,1H3,(H,17,21)/t14-/m1/s1. The highest BCUT2D eigenvalue weighted by molar-refractivity contribution is 7.03. The minimum Gasteiger partial charge on any atom is -0.497 e. The Morgan fingerprint density at radius 3 is 2.70 bits per heavy atom. The number of nitrogens with one attached hydrogen (secondary N) is 1. The number of methoxy groups -OCH3 is 1. The zero-order chi connectivity index (χ0) is 16.1. The highest BCUT2D eigenvalue weighted by Crippen LogP contribution is 2.21. The van der Waals surface area contributed by atoms with E-state index in [0.29, 0.717) is 5.69 Å². The molecule has 1 N–H and O–H groups in total. The number of rotatable bonds is 6. The van der Waals surface area contributed by atoms with Gasteiger partial charge in [-0.05, 0) is 55.2 Å². The predicted molar refractivity (Wildman–Crippen MR) is 88.8 cm³/mol. The van der Waals surface area contributed by atoms with Gasteiger partial charge in [-0.25, -0.2) is 0 Å². The van der Waals surface area contributed by atoms with Crippen molar-refractivity contribution < 1.29 is 9.53 Å². The first-order chi connectivity index (χ1) is 11.3. The van der Waals surface area contributed by atoms with Crippen LogP contribution in [0.4, 0.5) is 0 Å². The monoisotopic (exact) mass is 332 g/mol. The number of likely N-dealkylation sites (tertiary alicyclic amines) is 1. The summed E-state index contributed by atoms with van der Waals surface area (Å²) in [4.78, 5) is 14.7. The van der Waals surface area contributed by atoms with Crippen LogP contribution in [-0.2, 0) is 0 Å². The van der Waals surface area contributed by atoms with Crippen LogP contribution in [0.1, 0.15) is 34.9 Å². The molecule has 2 heterocycles. The molecule has 1 aromatic heterocycles. The number of benzene rings is 1. The van der Waals surface area contributed by atoms with Gasteiger partial charge in [-0.1, -0.05) is 16.6 Å². The van der Waals surface area contributed by atoms with Crippen molar-refractivity contribution >= 4 is 17.4 Å². The van der Waals surface area contributed by atoms with Gasteiger partial charge in [0.05, 0.1) is 13.2 Å². The van der Waals surface area contributed by atoms with Gasteiger partial charge in [0, 0.05) is 11.9 Å². The number of hydrogen-bond acceptors (Lipinski definition) is 6. The van der Waals surface area contributed by atoms with Crippen molar-refractivity contribution in [3.05, 3.63) is 40.9 Å². The summed E-state index contributed by atoms with van der Waals surface area (Å²) < 4.78 is 8.96. The van der Waals surface area contributed by atoms with Crippen molar-refractivity contribution in [3.63, 3.8) is 0 Å². The van der Waals surface area contributed by atoms with Crippen molar-refractivity contribution in [1.29, 1.82) is 0 Å². The lowest BCUT2D eigenvalue weighted by Gasteiger charge is -2.24. The first-order valence-corrected chi connectivity index (χ1v) is 8.54. The molecule has 1 aromatic carbocycles. The summed E-state index contributed by atoms with van der Waals surface area (Å²) in [6.45, 7) is 2.97. The van der Waals surface area contributed by atoms with E-state index >= 15 is 0 Å². The number of amides is 1. The summed E-state index contributed by atoms with van der Waals surface area (Å²) in [6, 6.07) is 7.76. The first kappa shape index (κ1) is 15.9. The Kier molecular flexibility index (Phi) is 5.19. The fourth-order valence-electron chi connectivity index (χ4n) is 2.79. The molecule has 6 nitrogen and oxygen atoms in total. The quantitative estimate of drug-likeness (QED) is 0.877. The molecule has 1 aliphatic heterocycles. The maximum Gasteiger partial charge on any atom is 0.273 e. The smallest absolute Gasteiger partial charge is 0.273 e. The zero-order valence-corrected chi connectivity index (χ0v) is 13.9. The molecule has 2 aromatic rings. The SMILES string of the molecule is COc1ccc([C@@H](CN2CCCC2)NC(=O)c2csnn2)cc1. The second-order valence-electron chi connectivity index (χ2n) is 5.60. The molecule has 0 aliphatic carbocycles. The second kappa shape index (κ2) is 7.52. The summed E-state index contributed by atoms with van der Waals surface area (Å²) in [7, 11) is 1.65. The molecule has 1 amide bonds. The Morgan fingerprint density at radius 2 is 2.09 bits per heavy atom. The Labute approximate surface area is 139 Å². The molecule has 1 atom stereocenters. The molecule has 23 heavy (non-hydrogen) atoms. The van der Waals surface area contributed by atoms with Gasteiger partial charge in [0.25, 0.3) is 5.91 Å². The number of carbonyl (C=O) groups excluding carboxylic acids is 1. The lowest BCUT2D eigenvalue weighted by Crippen LogP contribution is -2.37. The normalized spacial score (nSPS) is 16.2. The topological polar surface area (TPSA) is 67.3 Å². The molecule has 1 saturated heterocycles. The average Bonchev–Trinajstić information content (AvgIpc) is 3.28. The van der Waals surface area contributed by atoms with Crippen molar-refractivity contribution in [2.75, 3.05) is 26.7 Å². The molecule has 122 valence electrons. The molecule has 0 spiro atoms. The Balaban J connectivity index is 1.75. The van der Waals surface area contributed by atoms with Gasteiger partial charge in [-0.3, -0.25) is 4.79 Å². The first-order valence-electron chi connectivity index (χ1n) is 7.70. The summed E-state index contributed by atoms with van der Waals surface area (Å²) in [5, 5.41) is 8.59. The van der Waals surface area contributed by atoms with E-state index in [2.05, 4.69) is 19.8 Å². The molecule has 0 saturated carbocycles. The van der Waals surface area contributed by atoms with Crippen molar-refractivity contribution in [2.24, 2.45) is 0 Å². The van der Waals surface area contributed by atoms with Crippen molar-refractivity contribution in [3.8, 4) is 5.75 Å². The van der Waals surface area contributed by atoms with Gasteiger partial charge >= 0.3 is 0 Å². The minimum absolute atomic E-state index is 0.0757. The molecule has 1 fully saturated rings. The van der Waals surface area contributed by atoms with Crippen molar-refractivity contribution in [2.45, 2.75) is 18.9 Å². The van der Waals surface area contributed by atoms with Crippen LogP contribution < -0.4 is 10.1 Å². The van der Waals surface area contributed by atoms with E-state index in [1.807, 2.05) is 24.3 Å². The van der Waals surface area contributed by atoms with E-state index in [1.165, 1.54) is 24.4 Å². The second-order valence-corrected chi connectivity index (χ2v) is 6.21. The number of ether oxygens (including phenoxy) is 1. The van der Waals surface area contributed by atoms with Crippen molar-refractivity contribution in [1.82, 2.24) is 19.8 Å². The predicted octanol–water partition coefficient (Wildman–Crippen LogP) is 2.11. The summed E-state index contributed by atoms with van der Waals surface area (Å²) in [5.41, 5.74) is 1.43. The van der Waals surface area contributed by atoms with E-state index in [0.717, 1.165) is 30.9 Å². The van der Waals surface area contributed by atoms with Gasteiger partial charge in [0.15, 0.2) is 5.69 Å². The molecular formula is C16H20N4O2S. The van der Waals surface area contributed by atoms with Crippen LogP contribution in [0.3, 0.4) is 0 Å². The summed E-state index contributed by atoms with van der Waals surface area (Å²) in [6.07, 6.45) is 2.44. The third kappa shape index (κ3) is 4.05. The third-order valence-electron chi connectivity index (χ3n) is 4.06. The fraction of sp³-hybridized carbons (Fsp3) is 0.438. The number of carbonyl (C=O) groups is 1. The average molecular weight is 332 g/mol. The number of aromatic nitrogens is 2. The van der Waals surface area contributed by atoms with Crippen LogP contribution in [0.15, 0.2) is 29.6 Å². The van der Waals surface area contributed by atoms with Crippen LogP contribution >= 0.6 is 11.5 Å². The van der Waals surface area contributed by atoms with E-state index < -0.39 is 0 Å². The van der Waals surface area contributed by atoms with Crippen LogP contribution in [0.25, 0.3) is 0 Å². The van der Waals surface area contributed by atoms with Gasteiger partial charge in [-0.2, -0.15) is 0 Å². The van der Waals surface area contributed by atoms with Gasteiger partial charge in [0.1, 0.15) is 5.75 Å². The number of hydrogen-bond donors (Lipinski definition) is 1. The number of nitrogens with zero attached hydrogens (tertiary/aromatic N) is 3. The zero-order valence-electron chi connectivity index (χ0n) is 13.1. The van der Waals surface area contributed by atoms with Crippen LogP contribution in [0, 0.1) is 0 Å². The minimum atomic E-state index is -0.182. The molecule has 0 bridgehead atoms. The largest absolute Gasteiger partial charge is 0.497 e. The van der Waals surface area contributed by atoms with Gasteiger partial charge in [0.2, 0.25) is 0 Å². The highest BCUT2D eigenvalue weighted by atomic mass is 32.1. The summed E-state index contributed by atoms with van der Waals surface area (Å²) in [5.74, 6) is 0.627. The molecular weight excluding hydrogens is 312 g/mol.